The number of hydrogen-bond acceptors (Lipinski definition) is 2. The van der Waals surface area contributed by atoms with Crippen molar-refractivity contribution in [3.8, 4) is 12.3 Å². The van der Waals surface area contributed by atoms with Crippen LogP contribution < -0.4 is 0 Å². The molecular formula is C18H21FN2O2. The van der Waals surface area contributed by atoms with Gasteiger partial charge in [-0.05, 0) is 31.9 Å². The lowest BCUT2D eigenvalue weighted by atomic mass is 10.1. The zero-order valence-corrected chi connectivity index (χ0v) is 13.3. The molecule has 23 heavy (non-hydrogen) atoms. The van der Waals surface area contributed by atoms with Gasteiger partial charge in [0.15, 0.2) is 0 Å². The number of unbranched alkanes of at least 4 members (excludes halogenated alkanes) is 5. The zero-order chi connectivity index (χ0) is 16.8. The lowest BCUT2D eigenvalue weighted by Crippen LogP contribution is -2.03. The fourth-order valence-corrected chi connectivity index (χ4v) is 2.71. The van der Waals surface area contributed by atoms with Crippen LogP contribution in [0.5, 0.6) is 0 Å². The lowest BCUT2D eigenvalue weighted by molar-refractivity contribution is 0.0692. The van der Waals surface area contributed by atoms with Crippen LogP contribution in [0.3, 0.4) is 0 Å². The summed E-state index contributed by atoms with van der Waals surface area (Å²) in [5.74, 6) is 0.652. The Kier molecular flexibility index (Phi) is 5.75. The van der Waals surface area contributed by atoms with E-state index in [2.05, 4.69) is 11.0 Å². The fraction of sp³-hybridized carbons (Fsp3) is 0.444. The topological polar surface area (TPSA) is 55.1 Å². The molecule has 1 aromatic carbocycles. The minimum atomic E-state index is -1.26. The van der Waals surface area contributed by atoms with Crippen LogP contribution in [0.1, 0.15) is 54.6 Å². The molecule has 0 unspecified atom stereocenters. The Labute approximate surface area is 135 Å². The number of aromatic carboxylic acids is 1. The summed E-state index contributed by atoms with van der Waals surface area (Å²) in [5.41, 5.74) is 1.08. The number of carbonyl (C=O) groups is 1. The molecule has 1 aromatic heterocycles. The summed E-state index contributed by atoms with van der Waals surface area (Å²) in [6, 6.07) is 2.64. The first-order chi connectivity index (χ1) is 11.0. The highest BCUT2D eigenvalue weighted by Gasteiger charge is 2.16. The van der Waals surface area contributed by atoms with Crippen molar-refractivity contribution in [2.75, 3.05) is 0 Å². The third kappa shape index (κ3) is 4.10. The van der Waals surface area contributed by atoms with E-state index in [-0.39, 0.29) is 5.56 Å². The van der Waals surface area contributed by atoms with E-state index >= 15 is 0 Å². The van der Waals surface area contributed by atoms with Crippen molar-refractivity contribution in [3.63, 3.8) is 0 Å². The second-order valence-electron chi connectivity index (χ2n) is 5.68. The number of halogens is 1. The molecule has 5 heteroatoms. The van der Waals surface area contributed by atoms with Gasteiger partial charge < -0.3 is 5.11 Å². The van der Waals surface area contributed by atoms with Crippen molar-refractivity contribution in [2.24, 2.45) is 0 Å². The quantitative estimate of drug-likeness (QED) is 0.588. The number of fused-ring (bicyclic) bond motifs is 1. The monoisotopic (exact) mass is 316 g/mol. The van der Waals surface area contributed by atoms with E-state index in [0.717, 1.165) is 38.5 Å². The second-order valence-corrected chi connectivity index (χ2v) is 5.68. The summed E-state index contributed by atoms with van der Waals surface area (Å²) in [7, 11) is 0. The van der Waals surface area contributed by atoms with Crippen molar-refractivity contribution < 1.29 is 14.3 Å². The molecule has 1 heterocycles. The Bertz CT molecular complexity index is 744. The summed E-state index contributed by atoms with van der Waals surface area (Å²) in [4.78, 5) is 11.1. The van der Waals surface area contributed by atoms with E-state index in [1.54, 1.807) is 11.6 Å². The van der Waals surface area contributed by atoms with Gasteiger partial charge in [-0.15, -0.1) is 12.3 Å². The number of carboxylic acids is 1. The van der Waals surface area contributed by atoms with E-state index in [1.807, 2.05) is 0 Å². The van der Waals surface area contributed by atoms with Gasteiger partial charge in [-0.2, -0.15) is 5.10 Å². The molecule has 1 N–H and O–H groups in total. The van der Waals surface area contributed by atoms with E-state index in [0.29, 0.717) is 23.1 Å². The Hall–Kier alpha value is -2.35. The molecule has 0 saturated carbocycles. The summed E-state index contributed by atoms with van der Waals surface area (Å²) in [6.07, 6.45) is 11.4. The lowest BCUT2D eigenvalue weighted by Gasteiger charge is -2.05. The van der Waals surface area contributed by atoms with Gasteiger partial charge in [-0.3, -0.25) is 4.68 Å². The Morgan fingerprint density at radius 2 is 2.00 bits per heavy atom. The van der Waals surface area contributed by atoms with Gasteiger partial charge in [0.25, 0.3) is 0 Å². The highest BCUT2D eigenvalue weighted by atomic mass is 19.1. The summed E-state index contributed by atoms with van der Waals surface area (Å²) in [6.45, 7) is 2.50. The third-order valence-electron chi connectivity index (χ3n) is 3.95. The van der Waals surface area contributed by atoms with Gasteiger partial charge in [0, 0.05) is 18.4 Å². The van der Waals surface area contributed by atoms with Gasteiger partial charge in [-0.25, -0.2) is 9.18 Å². The molecule has 0 fully saturated rings. The normalized spacial score (nSPS) is 10.8. The number of terminal acetylenes is 1. The van der Waals surface area contributed by atoms with Crippen LogP contribution in [0.4, 0.5) is 4.39 Å². The van der Waals surface area contributed by atoms with Crippen molar-refractivity contribution in [1.29, 1.82) is 0 Å². The molecule has 0 amide bonds. The van der Waals surface area contributed by atoms with Crippen LogP contribution in [0.2, 0.25) is 0 Å². The Morgan fingerprint density at radius 1 is 1.30 bits per heavy atom. The van der Waals surface area contributed by atoms with Crippen LogP contribution in [0.15, 0.2) is 12.1 Å². The summed E-state index contributed by atoms with van der Waals surface area (Å²) in [5, 5.41) is 14.1. The SMILES string of the molecule is C#CCCCCCCCn1nc(C)c2cc(F)c(C(=O)O)cc21. The highest BCUT2D eigenvalue weighted by molar-refractivity contribution is 5.94. The standard InChI is InChI=1S/C18H21FN2O2/c1-3-4-5-6-7-8-9-10-21-17-12-15(18(22)23)16(19)11-14(17)13(2)20-21/h1,11-12H,4-10H2,2H3,(H,22,23). The number of benzene rings is 1. The van der Waals surface area contributed by atoms with Gasteiger partial charge in [-0.1, -0.05) is 19.3 Å². The molecule has 0 aliphatic rings. The average molecular weight is 316 g/mol. The molecule has 0 atom stereocenters. The largest absolute Gasteiger partial charge is 0.478 e. The first kappa shape index (κ1) is 17.0. The maximum atomic E-state index is 13.8. The molecule has 0 saturated heterocycles. The van der Waals surface area contributed by atoms with Gasteiger partial charge >= 0.3 is 5.97 Å². The number of nitrogens with zero attached hydrogens (tertiary/aromatic N) is 2. The van der Waals surface area contributed by atoms with E-state index < -0.39 is 11.8 Å². The maximum absolute atomic E-state index is 13.8. The van der Waals surface area contributed by atoms with Crippen LogP contribution in [-0.4, -0.2) is 20.9 Å². The fourth-order valence-electron chi connectivity index (χ4n) is 2.71. The van der Waals surface area contributed by atoms with E-state index in [9.17, 15) is 9.18 Å². The van der Waals surface area contributed by atoms with Gasteiger partial charge in [0.1, 0.15) is 5.82 Å². The van der Waals surface area contributed by atoms with Crippen LogP contribution >= 0.6 is 0 Å². The first-order valence-electron chi connectivity index (χ1n) is 7.88. The van der Waals surface area contributed by atoms with Crippen molar-refractivity contribution >= 4 is 16.9 Å². The number of aromatic nitrogens is 2. The second kappa shape index (κ2) is 7.77. The van der Waals surface area contributed by atoms with Gasteiger partial charge in [0.2, 0.25) is 0 Å². The Balaban J connectivity index is 2.05. The zero-order valence-electron chi connectivity index (χ0n) is 13.3. The first-order valence-corrected chi connectivity index (χ1v) is 7.88. The molecule has 0 bridgehead atoms. The average Bonchev–Trinajstić information content (AvgIpc) is 2.81. The minimum absolute atomic E-state index is 0.312. The van der Waals surface area contributed by atoms with Gasteiger partial charge in [0.05, 0.1) is 16.8 Å². The number of carboxylic acid groups (broad SMARTS) is 1. The van der Waals surface area contributed by atoms with Crippen molar-refractivity contribution in [2.45, 2.75) is 52.0 Å². The smallest absolute Gasteiger partial charge is 0.338 e. The van der Waals surface area contributed by atoms with E-state index in [1.165, 1.54) is 12.1 Å². The molecule has 0 aliphatic heterocycles. The minimum Gasteiger partial charge on any atom is -0.478 e. The molecule has 2 rings (SSSR count). The van der Waals surface area contributed by atoms with Crippen LogP contribution in [-0.2, 0) is 6.54 Å². The molecule has 0 spiro atoms. The van der Waals surface area contributed by atoms with E-state index in [4.69, 9.17) is 11.5 Å². The molecule has 4 nitrogen and oxygen atoms in total. The molecule has 2 aromatic rings. The number of rotatable bonds is 8. The van der Waals surface area contributed by atoms with Crippen LogP contribution in [0.25, 0.3) is 10.9 Å². The summed E-state index contributed by atoms with van der Waals surface area (Å²) < 4.78 is 15.6. The maximum Gasteiger partial charge on any atom is 0.338 e. The predicted octanol–water partition coefficient (Wildman–Crippen LogP) is 4.16. The molecular weight excluding hydrogens is 295 g/mol. The van der Waals surface area contributed by atoms with Crippen molar-refractivity contribution in [1.82, 2.24) is 9.78 Å². The third-order valence-corrected chi connectivity index (χ3v) is 3.95. The summed E-state index contributed by atoms with van der Waals surface area (Å²) >= 11 is 0. The van der Waals surface area contributed by atoms with Crippen LogP contribution in [0, 0.1) is 25.1 Å². The number of aryl methyl sites for hydroxylation is 2. The Morgan fingerprint density at radius 3 is 2.70 bits per heavy atom. The molecule has 0 aliphatic carbocycles. The highest BCUT2D eigenvalue weighted by Crippen LogP contribution is 2.23. The predicted molar refractivity (Wildman–Crippen MR) is 87.9 cm³/mol. The molecule has 122 valence electrons. The van der Waals surface area contributed by atoms with Crippen molar-refractivity contribution in [3.05, 3.63) is 29.2 Å². The molecule has 0 radical (unpaired) electrons. The number of hydrogen-bond donors (Lipinski definition) is 1.